The zero-order valence-corrected chi connectivity index (χ0v) is 29.6. The molecule has 50 heavy (non-hydrogen) atoms. The smallest absolute Gasteiger partial charge is 0.313 e. The molecule has 1 aromatic rings. The van der Waals surface area contributed by atoms with E-state index >= 15 is 0 Å². The Labute approximate surface area is 290 Å². The second-order valence-electron chi connectivity index (χ2n) is 13.4. The second kappa shape index (κ2) is 15.6. The molecule has 0 fully saturated rings. The standard InChI is InChI=1S/C37H47NO12/c1-14-11-10-12-15(2)36(48)38-26-18(5)30(42)22-23(31(43)21(8)32(44)24(22)35(26)47)29(41)17(4)13-16(3)28(40)20(7)34(46)25(37(49)50-9)33(45)19(6)27(14)39/h10-14,16,19-20,25,27-28,33-34,39-40,43-46H,1-9H3,(H,38,48)/t14-,16+,19?,20-,25+,27-,28-,33+,34-/m1/s1. The Bertz CT molecular complexity index is 1720. The molecule has 7 N–H and O–H groups in total. The third-order valence-corrected chi connectivity index (χ3v) is 9.98. The summed E-state index contributed by atoms with van der Waals surface area (Å²) in [4.78, 5) is 67.5. The number of carbonyl (C=O) groups excluding carboxylic acids is 5. The first-order valence-corrected chi connectivity index (χ1v) is 16.3. The van der Waals surface area contributed by atoms with E-state index in [-0.39, 0.29) is 22.3 Å². The van der Waals surface area contributed by atoms with Crippen LogP contribution in [0.2, 0.25) is 0 Å². The van der Waals surface area contributed by atoms with Crippen LogP contribution in [0.5, 0.6) is 11.5 Å². The maximum atomic E-state index is 13.9. The van der Waals surface area contributed by atoms with Gasteiger partial charge in [-0.15, -0.1) is 0 Å². The number of carbonyl (C=O) groups is 5. The summed E-state index contributed by atoms with van der Waals surface area (Å²) < 4.78 is 4.86. The summed E-state index contributed by atoms with van der Waals surface area (Å²) in [6.45, 7) is 11.3. The van der Waals surface area contributed by atoms with Crippen molar-refractivity contribution in [1.82, 2.24) is 5.32 Å². The van der Waals surface area contributed by atoms with E-state index in [1.54, 1.807) is 6.92 Å². The van der Waals surface area contributed by atoms with E-state index in [0.29, 0.717) is 0 Å². The lowest BCUT2D eigenvalue weighted by Gasteiger charge is -2.37. The molecule has 0 aromatic heterocycles. The highest BCUT2D eigenvalue weighted by molar-refractivity contribution is 6.32. The van der Waals surface area contributed by atoms with Crippen LogP contribution in [-0.4, -0.2) is 91.4 Å². The fourth-order valence-corrected chi connectivity index (χ4v) is 6.44. The molecule has 13 heteroatoms. The van der Waals surface area contributed by atoms with Crippen LogP contribution < -0.4 is 5.32 Å². The minimum atomic E-state index is -1.69. The molecule has 272 valence electrons. The normalized spacial score (nSPS) is 30.5. The molecule has 0 saturated carbocycles. The molecule has 2 aliphatic heterocycles. The summed E-state index contributed by atoms with van der Waals surface area (Å²) in [6.07, 6.45) is -0.296. The maximum Gasteiger partial charge on any atom is 0.313 e. The number of amides is 1. The van der Waals surface area contributed by atoms with Crippen molar-refractivity contribution in [3.05, 3.63) is 69.0 Å². The molecule has 1 aromatic carbocycles. The van der Waals surface area contributed by atoms with Gasteiger partial charge in [0, 0.05) is 40.4 Å². The van der Waals surface area contributed by atoms with Crippen LogP contribution in [0.3, 0.4) is 0 Å². The highest BCUT2D eigenvalue weighted by Gasteiger charge is 2.45. The predicted octanol–water partition coefficient (Wildman–Crippen LogP) is 2.60. The number of allylic oxidation sites excluding steroid dienone is 5. The molecule has 0 spiro atoms. The quantitative estimate of drug-likeness (QED) is 0.210. The van der Waals surface area contributed by atoms with E-state index in [1.165, 1.54) is 72.8 Å². The van der Waals surface area contributed by atoms with Crippen molar-refractivity contribution in [2.24, 2.45) is 29.6 Å². The first-order chi connectivity index (χ1) is 23.2. The van der Waals surface area contributed by atoms with Gasteiger partial charge in [-0.25, -0.2) is 0 Å². The van der Waals surface area contributed by atoms with E-state index in [9.17, 15) is 54.6 Å². The summed E-state index contributed by atoms with van der Waals surface area (Å²) in [5, 5.41) is 69.4. The molecule has 0 saturated heterocycles. The van der Waals surface area contributed by atoms with Crippen LogP contribution in [0, 0.1) is 36.5 Å². The monoisotopic (exact) mass is 697 g/mol. The Hall–Kier alpha value is -4.43. The lowest BCUT2D eigenvalue weighted by molar-refractivity contribution is -0.164. The first kappa shape index (κ1) is 40.0. The number of aliphatic hydroxyl groups excluding tert-OH is 4. The number of fused-ring (bicyclic) bond motifs is 15. The summed E-state index contributed by atoms with van der Waals surface area (Å²) in [6, 6.07) is 0. The van der Waals surface area contributed by atoms with Gasteiger partial charge in [0.15, 0.2) is 11.6 Å². The first-order valence-electron chi connectivity index (χ1n) is 16.3. The number of phenolic OH excluding ortho intramolecular Hbond substituents is 2. The van der Waals surface area contributed by atoms with E-state index in [2.05, 4.69) is 5.32 Å². The molecule has 1 unspecified atom stereocenters. The van der Waals surface area contributed by atoms with Crippen LogP contribution in [0.25, 0.3) is 0 Å². The molecule has 4 bridgehead atoms. The van der Waals surface area contributed by atoms with Crippen LogP contribution in [0.1, 0.15) is 85.1 Å². The molecule has 1 aliphatic carbocycles. The SMILES string of the molecule is COC(=O)[C@@H]1[C@H](O)[C@H](C)[C@H](O)[C@@H](C)C=C(C)C(=O)c2c(O)c(C)c(O)c3c2C(=O)C(C)=C(NC(=O)C(C)=CC=C[C@@H](C)[C@@H](O)C(C)[C@@H]1O)C3=O. The lowest BCUT2D eigenvalue weighted by atomic mass is 9.76. The average molecular weight is 698 g/mol. The zero-order chi connectivity index (χ0) is 38.1. The summed E-state index contributed by atoms with van der Waals surface area (Å²) in [5.74, 6) is -11.2. The highest BCUT2D eigenvalue weighted by atomic mass is 16.5. The highest BCUT2D eigenvalue weighted by Crippen LogP contribution is 2.43. The van der Waals surface area contributed by atoms with Crippen molar-refractivity contribution in [3.8, 4) is 11.5 Å². The van der Waals surface area contributed by atoms with E-state index in [1.807, 2.05) is 0 Å². The van der Waals surface area contributed by atoms with Crippen molar-refractivity contribution in [3.63, 3.8) is 0 Å². The van der Waals surface area contributed by atoms with Gasteiger partial charge in [0.25, 0.3) is 5.91 Å². The number of hydrogen-bond donors (Lipinski definition) is 7. The lowest BCUT2D eigenvalue weighted by Crippen LogP contribution is -2.50. The largest absolute Gasteiger partial charge is 0.507 e. The fraction of sp³-hybridized carbons (Fsp3) is 0.486. The summed E-state index contributed by atoms with van der Waals surface area (Å²) in [7, 11) is 1.07. The Balaban J connectivity index is 2.28. The molecule has 9 atom stereocenters. The van der Waals surface area contributed by atoms with Crippen molar-refractivity contribution >= 4 is 29.2 Å². The molecule has 1 amide bonds. The second-order valence-corrected chi connectivity index (χ2v) is 13.4. The predicted molar refractivity (Wildman–Crippen MR) is 181 cm³/mol. The molecule has 3 aliphatic rings. The van der Waals surface area contributed by atoms with Crippen LogP contribution in [0.15, 0.2) is 46.7 Å². The Kier molecular flexibility index (Phi) is 12.5. The number of ketones is 3. The Morgan fingerprint density at radius 1 is 0.700 bits per heavy atom. The van der Waals surface area contributed by atoms with Crippen molar-refractivity contribution in [2.45, 2.75) is 79.8 Å². The fourth-order valence-electron chi connectivity index (χ4n) is 6.44. The van der Waals surface area contributed by atoms with Gasteiger partial charge in [-0.1, -0.05) is 52.0 Å². The molecule has 0 radical (unpaired) electrons. The summed E-state index contributed by atoms with van der Waals surface area (Å²) in [5.41, 5.74) is -2.61. The van der Waals surface area contributed by atoms with Gasteiger partial charge in [-0.05, 0) is 33.3 Å². The van der Waals surface area contributed by atoms with Gasteiger partial charge in [0.05, 0.1) is 53.9 Å². The third kappa shape index (κ3) is 7.36. The van der Waals surface area contributed by atoms with Gasteiger partial charge in [-0.3, -0.25) is 24.0 Å². The minimum absolute atomic E-state index is 0.0799. The van der Waals surface area contributed by atoms with Gasteiger partial charge in [-0.2, -0.15) is 0 Å². The molecular weight excluding hydrogens is 650 g/mol. The number of benzene rings is 1. The Morgan fingerprint density at radius 2 is 1.20 bits per heavy atom. The van der Waals surface area contributed by atoms with Crippen molar-refractivity contribution < 1.29 is 59.3 Å². The topological polar surface area (TPSA) is 228 Å². The molecular formula is C37H47NO12. The molecule has 2 heterocycles. The Morgan fingerprint density at radius 3 is 1.72 bits per heavy atom. The third-order valence-electron chi connectivity index (χ3n) is 9.98. The van der Waals surface area contributed by atoms with Gasteiger partial charge in [0.1, 0.15) is 17.4 Å². The number of aliphatic hydroxyl groups is 4. The average Bonchev–Trinajstić information content (AvgIpc) is 3.08. The number of hydrogen-bond acceptors (Lipinski definition) is 12. The molecule has 13 nitrogen and oxygen atoms in total. The van der Waals surface area contributed by atoms with Gasteiger partial charge >= 0.3 is 5.97 Å². The number of phenols is 2. The van der Waals surface area contributed by atoms with Crippen LogP contribution in [0.4, 0.5) is 0 Å². The van der Waals surface area contributed by atoms with Crippen molar-refractivity contribution in [1.29, 1.82) is 0 Å². The number of methoxy groups -OCH3 is 1. The number of rotatable bonds is 1. The number of esters is 1. The van der Waals surface area contributed by atoms with Crippen molar-refractivity contribution in [2.75, 3.05) is 7.11 Å². The van der Waals surface area contributed by atoms with E-state index in [4.69, 9.17) is 4.74 Å². The number of ether oxygens (including phenoxy) is 1. The van der Waals surface area contributed by atoms with E-state index in [0.717, 1.165) is 7.11 Å². The zero-order valence-electron chi connectivity index (χ0n) is 29.6. The van der Waals surface area contributed by atoms with Gasteiger partial charge in [0.2, 0.25) is 5.78 Å². The number of Topliss-reactive ketones (excluding diaryl/α,β-unsaturated/α-hetero) is 3. The van der Waals surface area contributed by atoms with Gasteiger partial charge < -0.3 is 40.7 Å². The summed E-state index contributed by atoms with van der Waals surface area (Å²) >= 11 is 0. The maximum absolute atomic E-state index is 13.9. The van der Waals surface area contributed by atoms with E-state index < -0.39 is 117 Å². The number of nitrogens with one attached hydrogen (secondary N) is 1. The van der Waals surface area contributed by atoms with Crippen LogP contribution in [-0.2, 0) is 14.3 Å². The van der Waals surface area contributed by atoms with Crippen LogP contribution >= 0.6 is 0 Å². The number of aromatic hydroxyl groups is 2. The molecule has 4 rings (SSSR count). The minimum Gasteiger partial charge on any atom is -0.507 e.